The molecule has 0 amide bonds. The molecule has 0 spiro atoms. The van der Waals surface area contributed by atoms with Crippen LogP contribution in [-0.4, -0.2) is 9.97 Å². The lowest BCUT2D eigenvalue weighted by Crippen LogP contribution is -2.07. The number of anilines is 2. The molecule has 0 aliphatic carbocycles. The van der Waals surface area contributed by atoms with Crippen molar-refractivity contribution in [3.63, 3.8) is 0 Å². The van der Waals surface area contributed by atoms with E-state index in [0.29, 0.717) is 5.95 Å². The summed E-state index contributed by atoms with van der Waals surface area (Å²) >= 11 is 0. The zero-order chi connectivity index (χ0) is 13.0. The van der Waals surface area contributed by atoms with Gasteiger partial charge in [-0.05, 0) is 24.5 Å². The molecule has 4 nitrogen and oxygen atoms in total. The molecule has 0 unspecified atom stereocenters. The summed E-state index contributed by atoms with van der Waals surface area (Å²) in [6.07, 6.45) is 2.76. The molecule has 0 radical (unpaired) electrons. The van der Waals surface area contributed by atoms with Crippen LogP contribution in [0.3, 0.4) is 0 Å². The van der Waals surface area contributed by atoms with Crippen LogP contribution in [0.4, 0.5) is 11.8 Å². The molecule has 0 saturated heterocycles. The molecule has 1 aromatic carbocycles. The summed E-state index contributed by atoms with van der Waals surface area (Å²) in [7, 11) is 0. The summed E-state index contributed by atoms with van der Waals surface area (Å²) in [6, 6.07) is 8.40. The number of aromatic nitrogens is 2. The summed E-state index contributed by atoms with van der Waals surface area (Å²) in [5.74, 6) is 1.10. The first kappa shape index (κ1) is 12.4. The average molecular weight is 242 g/mol. The number of nitrogens with zero attached hydrogens (tertiary/aromatic N) is 2. The number of benzene rings is 1. The molecule has 0 atom stereocenters. The highest BCUT2D eigenvalue weighted by molar-refractivity contribution is 5.46. The van der Waals surface area contributed by atoms with Gasteiger partial charge in [0.2, 0.25) is 5.95 Å². The Balaban J connectivity index is 2.14. The second-order valence-corrected chi connectivity index (χ2v) is 4.24. The van der Waals surface area contributed by atoms with E-state index in [2.05, 4.69) is 46.5 Å². The molecule has 0 bridgehead atoms. The third-order valence-corrected chi connectivity index (χ3v) is 2.94. The van der Waals surface area contributed by atoms with E-state index in [1.54, 1.807) is 6.20 Å². The fourth-order valence-corrected chi connectivity index (χ4v) is 1.89. The fraction of sp³-hybridized carbons (Fsp3) is 0.286. The zero-order valence-corrected chi connectivity index (χ0v) is 10.8. The summed E-state index contributed by atoms with van der Waals surface area (Å²) in [4.78, 5) is 8.15. The molecular formula is C14H18N4. The highest BCUT2D eigenvalue weighted by Gasteiger charge is 2.03. The lowest BCUT2D eigenvalue weighted by molar-refractivity contribution is 1.02. The molecule has 2 rings (SSSR count). The smallest absolute Gasteiger partial charge is 0.221 e. The topological polar surface area (TPSA) is 63.8 Å². The van der Waals surface area contributed by atoms with Crippen molar-refractivity contribution in [2.45, 2.75) is 26.8 Å². The van der Waals surface area contributed by atoms with Crippen LogP contribution in [0.1, 0.15) is 23.6 Å². The van der Waals surface area contributed by atoms with Crippen LogP contribution in [0.15, 0.2) is 30.5 Å². The van der Waals surface area contributed by atoms with E-state index >= 15 is 0 Å². The number of hydrogen-bond acceptors (Lipinski definition) is 4. The Bertz CT molecular complexity index is 537. The normalized spacial score (nSPS) is 10.3. The maximum atomic E-state index is 5.59. The van der Waals surface area contributed by atoms with E-state index < -0.39 is 0 Å². The molecular weight excluding hydrogens is 224 g/mol. The van der Waals surface area contributed by atoms with Crippen molar-refractivity contribution in [2.24, 2.45) is 0 Å². The molecule has 0 aliphatic rings. The molecule has 4 heteroatoms. The van der Waals surface area contributed by atoms with Gasteiger partial charge in [-0.25, -0.2) is 4.98 Å². The van der Waals surface area contributed by atoms with E-state index in [4.69, 9.17) is 5.73 Å². The molecule has 94 valence electrons. The Kier molecular flexibility index (Phi) is 3.77. The predicted molar refractivity (Wildman–Crippen MR) is 74.3 cm³/mol. The van der Waals surface area contributed by atoms with Crippen molar-refractivity contribution < 1.29 is 0 Å². The largest absolute Gasteiger partial charge is 0.368 e. The van der Waals surface area contributed by atoms with Gasteiger partial charge in [0.1, 0.15) is 5.82 Å². The van der Waals surface area contributed by atoms with Crippen molar-refractivity contribution in [3.8, 4) is 0 Å². The number of nitrogens with two attached hydrogens (primary N) is 1. The van der Waals surface area contributed by atoms with Crippen molar-refractivity contribution in [1.29, 1.82) is 0 Å². The lowest BCUT2D eigenvalue weighted by Gasteiger charge is -2.11. The van der Waals surface area contributed by atoms with E-state index in [0.717, 1.165) is 24.3 Å². The van der Waals surface area contributed by atoms with Gasteiger partial charge in [0.15, 0.2) is 0 Å². The van der Waals surface area contributed by atoms with Crippen molar-refractivity contribution >= 4 is 11.8 Å². The average Bonchev–Trinajstić information content (AvgIpc) is 2.40. The number of aryl methyl sites for hydroxylation is 2. The van der Waals surface area contributed by atoms with Crippen LogP contribution < -0.4 is 11.1 Å². The molecule has 0 saturated carbocycles. The van der Waals surface area contributed by atoms with Gasteiger partial charge in [-0.2, -0.15) is 4.98 Å². The first-order valence-electron chi connectivity index (χ1n) is 6.10. The predicted octanol–water partition coefficient (Wildman–Crippen LogP) is 2.54. The minimum atomic E-state index is 0.298. The van der Waals surface area contributed by atoms with Crippen LogP contribution in [0.2, 0.25) is 0 Å². The van der Waals surface area contributed by atoms with Crippen LogP contribution in [0, 0.1) is 6.92 Å². The van der Waals surface area contributed by atoms with Gasteiger partial charge in [0, 0.05) is 18.3 Å². The quantitative estimate of drug-likeness (QED) is 0.864. The summed E-state index contributed by atoms with van der Waals surface area (Å²) in [5.41, 5.74) is 9.23. The van der Waals surface area contributed by atoms with Crippen LogP contribution in [-0.2, 0) is 13.0 Å². The summed E-state index contributed by atoms with van der Waals surface area (Å²) in [5, 5.41) is 3.31. The lowest BCUT2D eigenvalue weighted by atomic mass is 10.1. The third-order valence-electron chi connectivity index (χ3n) is 2.94. The van der Waals surface area contributed by atoms with Crippen LogP contribution in [0.25, 0.3) is 0 Å². The molecule has 1 aromatic heterocycles. The van der Waals surface area contributed by atoms with Gasteiger partial charge in [0.25, 0.3) is 0 Å². The molecule has 1 heterocycles. The first-order valence-corrected chi connectivity index (χ1v) is 6.10. The zero-order valence-electron chi connectivity index (χ0n) is 10.8. The third kappa shape index (κ3) is 2.77. The number of nitrogens with one attached hydrogen (secondary N) is 1. The maximum absolute atomic E-state index is 5.59. The standard InChI is InChI=1S/C14H18N4/c1-3-11-6-4-5-7-12(11)9-16-13-10(2)8-17-14(15)18-13/h4-8H,3,9H2,1-2H3,(H3,15,16,17,18). The summed E-state index contributed by atoms with van der Waals surface area (Å²) < 4.78 is 0. The van der Waals surface area contributed by atoms with E-state index in [1.165, 1.54) is 11.1 Å². The van der Waals surface area contributed by atoms with Crippen LogP contribution >= 0.6 is 0 Å². The van der Waals surface area contributed by atoms with Gasteiger partial charge >= 0.3 is 0 Å². The highest BCUT2D eigenvalue weighted by Crippen LogP contribution is 2.15. The molecule has 0 fully saturated rings. The SMILES string of the molecule is CCc1ccccc1CNc1nc(N)ncc1C. The Morgan fingerprint density at radius 1 is 1.22 bits per heavy atom. The van der Waals surface area contributed by atoms with Gasteiger partial charge < -0.3 is 11.1 Å². The van der Waals surface area contributed by atoms with E-state index in [1.807, 2.05) is 6.92 Å². The second kappa shape index (κ2) is 5.49. The highest BCUT2D eigenvalue weighted by atomic mass is 15.1. The molecule has 0 aliphatic heterocycles. The number of rotatable bonds is 4. The van der Waals surface area contributed by atoms with E-state index in [-0.39, 0.29) is 0 Å². The van der Waals surface area contributed by atoms with Gasteiger partial charge in [-0.1, -0.05) is 31.2 Å². The van der Waals surface area contributed by atoms with Crippen molar-refractivity contribution in [3.05, 3.63) is 47.2 Å². The monoisotopic (exact) mass is 242 g/mol. The minimum Gasteiger partial charge on any atom is -0.368 e. The van der Waals surface area contributed by atoms with Crippen LogP contribution in [0.5, 0.6) is 0 Å². The van der Waals surface area contributed by atoms with Gasteiger partial charge in [-0.15, -0.1) is 0 Å². The molecule has 18 heavy (non-hydrogen) atoms. The maximum Gasteiger partial charge on any atom is 0.221 e. The molecule has 3 N–H and O–H groups in total. The minimum absolute atomic E-state index is 0.298. The van der Waals surface area contributed by atoms with Gasteiger partial charge in [-0.3, -0.25) is 0 Å². The van der Waals surface area contributed by atoms with Crippen molar-refractivity contribution in [1.82, 2.24) is 9.97 Å². The molecule has 2 aromatic rings. The fourth-order valence-electron chi connectivity index (χ4n) is 1.89. The Morgan fingerprint density at radius 2 is 1.94 bits per heavy atom. The van der Waals surface area contributed by atoms with E-state index in [9.17, 15) is 0 Å². The van der Waals surface area contributed by atoms with Gasteiger partial charge in [0.05, 0.1) is 0 Å². The second-order valence-electron chi connectivity index (χ2n) is 4.24. The number of hydrogen-bond donors (Lipinski definition) is 2. The number of nitrogen functional groups attached to an aromatic ring is 1. The Morgan fingerprint density at radius 3 is 2.67 bits per heavy atom. The summed E-state index contributed by atoms with van der Waals surface area (Å²) in [6.45, 7) is 4.88. The first-order chi connectivity index (χ1) is 8.70. The van der Waals surface area contributed by atoms with Crippen molar-refractivity contribution in [2.75, 3.05) is 11.1 Å². The Labute approximate surface area is 107 Å². The Hall–Kier alpha value is -2.10.